The van der Waals surface area contributed by atoms with Crippen LogP contribution >= 0.6 is 0 Å². The van der Waals surface area contributed by atoms with Gasteiger partial charge in [0, 0.05) is 13.8 Å². The molecule has 35 N–H and O–H groups in total. The number of aliphatic hydroxyl groups excluding tert-OH is 33. The van der Waals surface area contributed by atoms with E-state index in [1.807, 2.05) is 0 Å². The number of hydrogen-bond donors (Lipinski definition) is 35. The predicted octanol–water partition coefficient (Wildman–Crippen LogP) is -24.7. The maximum absolute atomic E-state index is 13.1. The molecule has 55 atom stereocenters. The van der Waals surface area contributed by atoms with E-state index in [-0.39, 0.29) is 0 Å². The third-order valence-electron chi connectivity index (χ3n) is 23.8. The van der Waals surface area contributed by atoms with Gasteiger partial charge in [-0.3, -0.25) is 9.59 Å². The Labute approximate surface area is 722 Å². The fourth-order valence-corrected chi connectivity index (χ4v) is 16.5. The lowest BCUT2D eigenvalue weighted by Gasteiger charge is -2.51. The van der Waals surface area contributed by atoms with E-state index in [4.69, 9.17) is 99.5 Å². The molecule has 11 fully saturated rings. The van der Waals surface area contributed by atoms with Crippen LogP contribution in [0.4, 0.5) is 0 Å². The van der Waals surface area contributed by atoms with E-state index >= 15 is 0 Å². The number of ether oxygens (including phenoxy) is 21. The molecule has 0 aliphatic carbocycles. The summed E-state index contributed by atoms with van der Waals surface area (Å²) < 4.78 is 124. The Morgan fingerprint density at radius 1 is 0.203 bits per heavy atom. The highest BCUT2D eigenvalue weighted by molar-refractivity contribution is 5.73. The molecule has 0 aromatic rings. The van der Waals surface area contributed by atoms with Gasteiger partial charge in [0.05, 0.1) is 72.7 Å². The highest BCUT2D eigenvalue weighted by Gasteiger charge is 2.62. The van der Waals surface area contributed by atoms with Crippen LogP contribution in [0, 0.1) is 0 Å². The minimum atomic E-state index is -2.69. The van der Waals surface area contributed by atoms with Gasteiger partial charge < -0.3 is 279 Å². The lowest BCUT2D eigenvalue weighted by molar-refractivity contribution is -0.408. The number of hydrogen-bond acceptors (Lipinski definition) is 56. The molecule has 11 aliphatic rings. The van der Waals surface area contributed by atoms with Crippen molar-refractivity contribution in [3.8, 4) is 0 Å². The fourth-order valence-electron chi connectivity index (χ4n) is 16.5. The SMILES string of the molecule is CC(=O)N[C@@H]1[C@@H](O)[C@H](O[C@@H]2O[C@H](CO)[C@@H](O[C@@H]3O[C@H](CO[C@@H]4O[C@H](CO[C@H]5O[C@H](CO)[C@@H](O)[C@H](O)[C@@H]5O[C@@H]5O[C@H](CO)[C@@H](O)[C@H](O)[C@@H]5O)[C@@H](O)[C@H](O[C@@H]5O[C@H](CO)[C@@H](O)[C@H](O)[C@@H]5O[C@@H]5O[C@H](CO)[C@@H](O)[C@H](O)[C@@H]5O)[C@@H]4O)[C@@H](O)[C@H](O[C@@H]4O[C@H](CO)[C@@H](O)[C@H](O)[C@@H]4O[C@H]4O[C@H](CO)[C@@H](O)[C@H](O)[C@@H]4O[C@H]4O[C@H](CO)[C@@H](O)[C@H](O)[C@@H]4O)[C@@H]3O)[C@H](O)[C@H]2NC(C)=O)[C@@H](CO)O[C@H]1O. The standard InChI is InChI=1S/C70H118N2O56/c1-14(82)71-27-38(93)52(23(10-80)110-60(27)107)121-61-28(72-15(2)83)39(94)53(24(11-81)118-61)122-66-51(106)55(124-69-59(46(101)35(90)21(8-78)116-69)128-70-58(45(100)34(89)22(9-79)117-70)127-65-49(104)42(97)31(86)18(5-75)113-65)37(92)26(120-66)12-108-62-50(105)54(123-68-57(44(99)33(88)20(7-77)115-68)126-64-48(103)41(96)30(85)17(4-74)112-64)36(91)25(119-62)13-109-67-56(43(98)32(87)19(6-76)114-67)125-63-47(102)40(95)29(84)16(3-73)111-63/h16-70,73-81,84-107H,3-13H2,1-2H3,(H,71,82)(H,72,83)/t16-,17-,18-,19-,20-,21-,22-,23-,24-,25-,26-,27-,28-,29-,30-,31-,32-,33-,34-,35-,36-,37-,38-,39-,40+,41+,42+,43+,44+,45+,46+,47+,48+,49+,50+,51+,52-,53-,54+,55+,56+,57+,58+,59+,60-,61+,62-,63+,64+,65-,66+,67+,68+,69+,70-/m1/s1. The number of carbonyl (C=O) groups excluding carboxylic acids is 2. The van der Waals surface area contributed by atoms with Crippen molar-refractivity contribution in [2.24, 2.45) is 0 Å². The highest BCUT2D eigenvalue weighted by atomic mass is 16.8. The first-order chi connectivity index (χ1) is 60.7. The van der Waals surface area contributed by atoms with Crippen LogP contribution in [-0.2, 0) is 109 Å². The van der Waals surface area contributed by atoms with Crippen LogP contribution in [-0.4, -0.2) is 591 Å². The molecule has 11 aliphatic heterocycles. The topological polar surface area (TPSA) is 920 Å². The van der Waals surface area contributed by atoms with Crippen molar-refractivity contribution in [3.05, 3.63) is 0 Å². The van der Waals surface area contributed by atoms with Crippen LogP contribution in [0.3, 0.4) is 0 Å². The largest absolute Gasteiger partial charge is 0.394 e. The normalized spacial score (nSPS) is 51.7. The molecular formula is C70H118N2O56. The number of nitrogens with one attached hydrogen (secondary N) is 2. The van der Waals surface area contributed by atoms with E-state index in [2.05, 4.69) is 10.6 Å². The summed E-state index contributed by atoms with van der Waals surface area (Å²) in [5.74, 6) is -1.82. The van der Waals surface area contributed by atoms with Gasteiger partial charge in [-0.05, 0) is 0 Å². The number of amides is 2. The Hall–Kier alpha value is -3.22. The highest BCUT2D eigenvalue weighted by Crippen LogP contribution is 2.42. The van der Waals surface area contributed by atoms with Crippen molar-refractivity contribution >= 4 is 11.8 Å². The second-order valence-electron chi connectivity index (χ2n) is 32.3. The predicted molar refractivity (Wildman–Crippen MR) is 386 cm³/mol. The van der Waals surface area contributed by atoms with Crippen LogP contribution in [0.2, 0.25) is 0 Å². The summed E-state index contributed by atoms with van der Waals surface area (Å²) in [5, 5.41) is 372. The smallest absolute Gasteiger partial charge is 0.217 e. The van der Waals surface area contributed by atoms with E-state index in [1.165, 1.54) is 0 Å². The maximum atomic E-state index is 13.1. The summed E-state index contributed by atoms with van der Waals surface area (Å²) in [6.07, 6.45) is -117. The zero-order valence-corrected chi connectivity index (χ0v) is 67.7. The lowest BCUT2D eigenvalue weighted by Crippen LogP contribution is -2.70. The Morgan fingerprint density at radius 2 is 0.430 bits per heavy atom. The average Bonchev–Trinajstić information content (AvgIpc) is 0.758. The zero-order valence-electron chi connectivity index (χ0n) is 67.7. The molecule has 11 heterocycles. The van der Waals surface area contributed by atoms with Crippen molar-refractivity contribution in [3.63, 3.8) is 0 Å². The molecule has 11 saturated heterocycles. The quantitative estimate of drug-likeness (QED) is 0.0290. The van der Waals surface area contributed by atoms with Crippen molar-refractivity contribution in [1.82, 2.24) is 10.6 Å². The summed E-state index contributed by atoms with van der Waals surface area (Å²) in [5.41, 5.74) is 0. The van der Waals surface area contributed by atoms with Crippen molar-refractivity contribution in [1.29, 1.82) is 0 Å². The molecule has 0 bridgehead atoms. The molecule has 0 saturated carbocycles. The molecule has 11 rings (SSSR count). The van der Waals surface area contributed by atoms with E-state index in [1.54, 1.807) is 0 Å². The van der Waals surface area contributed by atoms with Crippen molar-refractivity contribution in [2.75, 3.05) is 72.7 Å². The number of aliphatic hydroxyl groups is 33. The van der Waals surface area contributed by atoms with E-state index in [0.717, 1.165) is 13.8 Å². The van der Waals surface area contributed by atoms with Gasteiger partial charge in [0.2, 0.25) is 11.8 Å². The third kappa shape index (κ3) is 22.5. The zero-order chi connectivity index (χ0) is 94.0. The summed E-state index contributed by atoms with van der Waals surface area (Å²) in [6.45, 7) is -10.9. The van der Waals surface area contributed by atoms with E-state index < -0.39 is 422 Å². The molecule has 0 spiro atoms. The molecule has 744 valence electrons. The molecular weight excluding hydrogens is 1760 g/mol. The molecule has 58 nitrogen and oxygen atoms in total. The van der Waals surface area contributed by atoms with Gasteiger partial charge in [0.15, 0.2) is 69.2 Å². The molecule has 128 heavy (non-hydrogen) atoms. The first-order valence-electron chi connectivity index (χ1n) is 40.7. The molecule has 0 aromatic heterocycles. The summed E-state index contributed by atoms with van der Waals surface area (Å²) in [6, 6.07) is -3.71. The average molecular weight is 1880 g/mol. The van der Waals surface area contributed by atoms with Gasteiger partial charge >= 0.3 is 0 Å². The number of carbonyl (C=O) groups is 2. The Bertz CT molecular complexity index is 3380. The van der Waals surface area contributed by atoms with Gasteiger partial charge in [0.1, 0.15) is 268 Å². The minimum Gasteiger partial charge on any atom is -0.394 e. The van der Waals surface area contributed by atoms with Gasteiger partial charge in [0.25, 0.3) is 0 Å². The Kier molecular flexibility index (Phi) is 37.7. The van der Waals surface area contributed by atoms with Crippen molar-refractivity contribution < 1.29 is 278 Å². The Balaban J connectivity index is 0.961. The van der Waals surface area contributed by atoms with Crippen LogP contribution < -0.4 is 10.6 Å². The minimum absolute atomic E-state index is 0.824. The van der Waals surface area contributed by atoms with Gasteiger partial charge in [-0.2, -0.15) is 0 Å². The summed E-state index contributed by atoms with van der Waals surface area (Å²) in [7, 11) is 0. The fraction of sp³-hybridized carbons (Fsp3) is 0.971. The lowest BCUT2D eigenvalue weighted by atomic mass is 9.94. The number of rotatable bonds is 33. The molecule has 58 heteroatoms. The molecule has 0 unspecified atom stereocenters. The first kappa shape index (κ1) is 105. The molecule has 0 radical (unpaired) electrons. The van der Waals surface area contributed by atoms with E-state index in [9.17, 15) is 178 Å². The second kappa shape index (κ2) is 45.8. The Morgan fingerprint density at radius 3 is 0.773 bits per heavy atom. The second-order valence-corrected chi connectivity index (χ2v) is 32.3. The molecule has 0 aromatic carbocycles. The van der Waals surface area contributed by atoms with Crippen LogP contribution in [0.5, 0.6) is 0 Å². The molecule has 2 amide bonds. The first-order valence-corrected chi connectivity index (χ1v) is 40.7. The van der Waals surface area contributed by atoms with Crippen LogP contribution in [0.15, 0.2) is 0 Å². The van der Waals surface area contributed by atoms with Gasteiger partial charge in [-0.15, -0.1) is 0 Å². The summed E-state index contributed by atoms with van der Waals surface area (Å²) in [4.78, 5) is 25.4. The van der Waals surface area contributed by atoms with Gasteiger partial charge in [-0.25, -0.2) is 0 Å². The van der Waals surface area contributed by atoms with Crippen LogP contribution in [0.25, 0.3) is 0 Å². The summed E-state index contributed by atoms with van der Waals surface area (Å²) >= 11 is 0. The van der Waals surface area contributed by atoms with E-state index in [0.29, 0.717) is 0 Å². The maximum Gasteiger partial charge on any atom is 0.217 e. The van der Waals surface area contributed by atoms with Gasteiger partial charge in [-0.1, -0.05) is 0 Å². The van der Waals surface area contributed by atoms with Crippen LogP contribution in [0.1, 0.15) is 13.8 Å². The third-order valence-corrected chi connectivity index (χ3v) is 23.8. The van der Waals surface area contributed by atoms with Crippen molar-refractivity contribution in [2.45, 2.75) is 351 Å². The monoisotopic (exact) mass is 1880 g/mol.